The lowest BCUT2D eigenvalue weighted by atomic mass is 9.86. The van der Waals surface area contributed by atoms with Gasteiger partial charge in [-0.3, -0.25) is 9.89 Å². The van der Waals surface area contributed by atoms with Gasteiger partial charge in [-0.15, -0.1) is 0 Å². The Bertz CT molecular complexity index is 433. The van der Waals surface area contributed by atoms with Crippen LogP contribution in [0.3, 0.4) is 0 Å². The van der Waals surface area contributed by atoms with Crippen molar-refractivity contribution in [1.82, 2.24) is 20.5 Å². The Balaban J connectivity index is 1.52. The van der Waals surface area contributed by atoms with E-state index in [2.05, 4.69) is 20.5 Å². The maximum atomic E-state index is 12.0. The molecule has 110 valence electrons. The van der Waals surface area contributed by atoms with E-state index in [1.165, 1.54) is 25.6 Å². The molecule has 20 heavy (non-hydrogen) atoms. The van der Waals surface area contributed by atoms with Gasteiger partial charge < -0.3 is 14.8 Å². The standard InChI is InChI=1S/C13H20N4O3/c18-13(12-14-8-15-17-12)16-10-7-19-5-4-11(10)20-6-9-2-1-3-9/h8-11H,1-7H2,(H,16,18)(H,14,15,17)/t10-,11+/m1/s1. The van der Waals surface area contributed by atoms with Gasteiger partial charge in [0, 0.05) is 13.2 Å². The van der Waals surface area contributed by atoms with Gasteiger partial charge >= 0.3 is 0 Å². The van der Waals surface area contributed by atoms with Crippen molar-refractivity contribution in [2.75, 3.05) is 19.8 Å². The minimum atomic E-state index is -0.268. The quantitative estimate of drug-likeness (QED) is 0.820. The van der Waals surface area contributed by atoms with Crippen molar-refractivity contribution in [3.05, 3.63) is 12.2 Å². The second kappa shape index (κ2) is 6.32. The third-order valence-corrected chi connectivity index (χ3v) is 4.01. The molecule has 7 nitrogen and oxygen atoms in total. The molecule has 1 aromatic rings. The Morgan fingerprint density at radius 1 is 1.50 bits per heavy atom. The van der Waals surface area contributed by atoms with Crippen molar-refractivity contribution in [1.29, 1.82) is 0 Å². The molecule has 7 heteroatoms. The van der Waals surface area contributed by atoms with Crippen LogP contribution in [0.25, 0.3) is 0 Å². The number of aromatic amines is 1. The normalized spacial score (nSPS) is 27.0. The molecule has 2 heterocycles. The lowest BCUT2D eigenvalue weighted by molar-refractivity contribution is -0.0697. The summed E-state index contributed by atoms with van der Waals surface area (Å²) in [6.45, 7) is 1.96. The van der Waals surface area contributed by atoms with E-state index in [1.807, 2.05) is 0 Å². The molecule has 1 aliphatic carbocycles. The highest BCUT2D eigenvalue weighted by Gasteiger charge is 2.30. The van der Waals surface area contributed by atoms with Crippen molar-refractivity contribution in [2.45, 2.75) is 37.8 Å². The molecule has 2 aliphatic rings. The summed E-state index contributed by atoms with van der Waals surface area (Å²) in [5.41, 5.74) is 0. The Morgan fingerprint density at radius 2 is 2.40 bits per heavy atom. The van der Waals surface area contributed by atoms with Crippen molar-refractivity contribution in [2.24, 2.45) is 5.92 Å². The van der Waals surface area contributed by atoms with Crippen LogP contribution in [0.4, 0.5) is 0 Å². The predicted octanol–water partition coefficient (Wildman–Crippen LogP) is 0.509. The van der Waals surface area contributed by atoms with Gasteiger partial charge in [-0.05, 0) is 25.2 Å². The zero-order chi connectivity index (χ0) is 13.8. The Morgan fingerprint density at radius 3 is 3.10 bits per heavy atom. The second-order valence-corrected chi connectivity index (χ2v) is 5.45. The maximum Gasteiger partial charge on any atom is 0.288 e. The highest BCUT2D eigenvalue weighted by atomic mass is 16.5. The summed E-state index contributed by atoms with van der Waals surface area (Å²) in [4.78, 5) is 15.8. The number of rotatable bonds is 5. The van der Waals surface area contributed by atoms with Crippen molar-refractivity contribution >= 4 is 5.91 Å². The molecule has 0 aromatic carbocycles. The molecule has 1 amide bonds. The lowest BCUT2D eigenvalue weighted by Gasteiger charge is -2.34. The summed E-state index contributed by atoms with van der Waals surface area (Å²) in [7, 11) is 0. The fourth-order valence-corrected chi connectivity index (χ4v) is 2.52. The summed E-state index contributed by atoms with van der Waals surface area (Å²) in [5.74, 6) is 0.645. The molecule has 2 N–H and O–H groups in total. The number of amides is 1. The van der Waals surface area contributed by atoms with E-state index in [9.17, 15) is 4.79 Å². The van der Waals surface area contributed by atoms with Gasteiger partial charge in [0.25, 0.3) is 5.91 Å². The van der Waals surface area contributed by atoms with E-state index in [0.29, 0.717) is 19.1 Å². The van der Waals surface area contributed by atoms with E-state index in [1.54, 1.807) is 0 Å². The van der Waals surface area contributed by atoms with E-state index in [0.717, 1.165) is 13.0 Å². The molecule has 1 saturated heterocycles. The molecule has 1 aliphatic heterocycles. The van der Waals surface area contributed by atoms with Crippen LogP contribution in [-0.2, 0) is 9.47 Å². The SMILES string of the molecule is O=C(N[C@@H]1COCC[C@@H]1OCC1CCC1)c1ncn[nH]1. The molecular formula is C13H20N4O3. The fraction of sp³-hybridized carbons (Fsp3) is 0.769. The summed E-state index contributed by atoms with van der Waals surface area (Å²) < 4.78 is 11.4. The Hall–Kier alpha value is -1.47. The molecule has 3 rings (SSSR count). The number of ether oxygens (including phenoxy) is 2. The third-order valence-electron chi connectivity index (χ3n) is 4.01. The minimum Gasteiger partial charge on any atom is -0.379 e. The lowest BCUT2D eigenvalue weighted by Crippen LogP contribution is -2.51. The monoisotopic (exact) mass is 280 g/mol. The smallest absolute Gasteiger partial charge is 0.288 e. The number of hydrogen-bond donors (Lipinski definition) is 2. The average Bonchev–Trinajstić information content (AvgIpc) is 2.93. The Labute approximate surface area is 117 Å². The van der Waals surface area contributed by atoms with Crippen molar-refractivity contribution in [3.8, 4) is 0 Å². The molecule has 2 atom stereocenters. The highest BCUT2D eigenvalue weighted by Crippen LogP contribution is 2.27. The van der Waals surface area contributed by atoms with Crippen LogP contribution in [-0.4, -0.2) is 53.1 Å². The van der Waals surface area contributed by atoms with Gasteiger partial charge in [-0.25, -0.2) is 4.98 Å². The van der Waals surface area contributed by atoms with Crippen LogP contribution in [0.5, 0.6) is 0 Å². The minimum absolute atomic E-state index is 0.0243. The number of hydrogen-bond acceptors (Lipinski definition) is 5. The number of carbonyl (C=O) groups is 1. The molecule has 2 fully saturated rings. The maximum absolute atomic E-state index is 12.0. The first-order chi connectivity index (χ1) is 9.83. The first-order valence-electron chi connectivity index (χ1n) is 7.18. The zero-order valence-corrected chi connectivity index (χ0v) is 11.4. The van der Waals surface area contributed by atoms with E-state index < -0.39 is 0 Å². The number of aromatic nitrogens is 3. The van der Waals surface area contributed by atoms with Gasteiger partial charge in [0.2, 0.25) is 5.82 Å². The van der Waals surface area contributed by atoms with Crippen LogP contribution in [0.2, 0.25) is 0 Å². The van der Waals surface area contributed by atoms with Gasteiger partial charge in [0.15, 0.2) is 0 Å². The van der Waals surface area contributed by atoms with Gasteiger partial charge in [-0.1, -0.05) is 6.42 Å². The van der Waals surface area contributed by atoms with Crippen LogP contribution < -0.4 is 5.32 Å². The van der Waals surface area contributed by atoms with Gasteiger partial charge in [-0.2, -0.15) is 5.10 Å². The number of nitrogens with zero attached hydrogens (tertiary/aromatic N) is 2. The number of nitrogens with one attached hydrogen (secondary N) is 2. The first kappa shape index (κ1) is 13.5. The summed E-state index contributed by atoms with van der Waals surface area (Å²) in [5, 5.41) is 9.14. The first-order valence-corrected chi connectivity index (χ1v) is 7.18. The van der Waals surface area contributed by atoms with Crippen molar-refractivity contribution in [3.63, 3.8) is 0 Å². The number of carbonyl (C=O) groups excluding carboxylic acids is 1. The van der Waals surface area contributed by atoms with Crippen molar-refractivity contribution < 1.29 is 14.3 Å². The topological polar surface area (TPSA) is 89.1 Å². The predicted molar refractivity (Wildman–Crippen MR) is 70.2 cm³/mol. The van der Waals surface area contributed by atoms with E-state index in [-0.39, 0.29) is 23.9 Å². The van der Waals surface area contributed by atoms with Crippen LogP contribution >= 0.6 is 0 Å². The molecule has 1 aromatic heterocycles. The summed E-state index contributed by atoms with van der Waals surface area (Å²) in [6, 6.07) is -0.124. The van der Waals surface area contributed by atoms with Crippen LogP contribution in [0, 0.1) is 5.92 Å². The Kier molecular flexibility index (Phi) is 4.27. The zero-order valence-electron chi connectivity index (χ0n) is 11.4. The van der Waals surface area contributed by atoms with Crippen LogP contribution in [0.15, 0.2) is 6.33 Å². The molecule has 0 bridgehead atoms. The molecular weight excluding hydrogens is 260 g/mol. The van der Waals surface area contributed by atoms with Gasteiger partial charge in [0.1, 0.15) is 6.33 Å². The van der Waals surface area contributed by atoms with Crippen LogP contribution in [0.1, 0.15) is 36.3 Å². The molecule has 0 unspecified atom stereocenters. The average molecular weight is 280 g/mol. The highest BCUT2D eigenvalue weighted by molar-refractivity contribution is 5.90. The fourth-order valence-electron chi connectivity index (χ4n) is 2.52. The number of H-pyrrole nitrogens is 1. The van der Waals surface area contributed by atoms with E-state index >= 15 is 0 Å². The molecule has 0 spiro atoms. The molecule has 1 saturated carbocycles. The summed E-state index contributed by atoms with van der Waals surface area (Å²) in [6.07, 6.45) is 5.99. The second-order valence-electron chi connectivity index (χ2n) is 5.45. The van der Waals surface area contributed by atoms with Gasteiger partial charge in [0.05, 0.1) is 18.8 Å². The van der Waals surface area contributed by atoms with E-state index in [4.69, 9.17) is 9.47 Å². The molecule has 0 radical (unpaired) electrons. The largest absolute Gasteiger partial charge is 0.379 e. The summed E-state index contributed by atoms with van der Waals surface area (Å²) >= 11 is 0. The third kappa shape index (κ3) is 3.16.